The average molecular weight is 199 g/mol. The molecule has 2 atom stereocenters. The Morgan fingerprint density at radius 1 is 1.36 bits per heavy atom. The first kappa shape index (κ1) is 10.9. The zero-order chi connectivity index (χ0) is 10.7. The predicted octanol–water partition coefficient (Wildman–Crippen LogP) is -0.518. The van der Waals surface area contributed by atoms with E-state index in [1.807, 2.05) is 0 Å². The molecule has 0 amide bonds. The molecule has 0 aliphatic heterocycles. The number of nitrogens with zero attached hydrogens (tertiary/aromatic N) is 1. The first-order valence-corrected chi connectivity index (χ1v) is 4.19. The summed E-state index contributed by atoms with van der Waals surface area (Å²) in [5.41, 5.74) is 0.591. The van der Waals surface area contributed by atoms with Gasteiger partial charge in [0.05, 0.1) is 6.61 Å². The van der Waals surface area contributed by atoms with Gasteiger partial charge in [0.15, 0.2) is 0 Å². The summed E-state index contributed by atoms with van der Waals surface area (Å²) in [6, 6.07) is 2.96. The molecule has 2 unspecified atom stereocenters. The quantitative estimate of drug-likeness (QED) is 0.525. The Kier molecular flexibility index (Phi) is 3.40. The van der Waals surface area contributed by atoms with Crippen LogP contribution in [0.15, 0.2) is 12.1 Å². The summed E-state index contributed by atoms with van der Waals surface area (Å²) >= 11 is 0. The summed E-state index contributed by atoms with van der Waals surface area (Å²) in [4.78, 5) is 3.87. The molecule has 14 heavy (non-hydrogen) atoms. The number of hydrogen-bond donors (Lipinski definition) is 4. The van der Waals surface area contributed by atoms with E-state index in [-0.39, 0.29) is 11.4 Å². The number of aliphatic hydroxyl groups excluding tert-OH is 3. The SMILES string of the molecule is Cc1ccc(O)c(C(O)C(O)CO)n1. The molecule has 0 spiro atoms. The van der Waals surface area contributed by atoms with E-state index in [0.717, 1.165) is 0 Å². The second-order valence-electron chi connectivity index (χ2n) is 3.05. The van der Waals surface area contributed by atoms with Gasteiger partial charge in [0, 0.05) is 5.69 Å². The summed E-state index contributed by atoms with van der Waals surface area (Å²) in [6.45, 7) is 1.11. The van der Waals surface area contributed by atoms with E-state index in [2.05, 4.69) is 4.98 Å². The zero-order valence-corrected chi connectivity index (χ0v) is 7.75. The van der Waals surface area contributed by atoms with Gasteiger partial charge < -0.3 is 20.4 Å². The highest BCUT2D eigenvalue weighted by atomic mass is 16.4. The maximum absolute atomic E-state index is 9.46. The first-order chi connectivity index (χ1) is 6.56. The third-order valence-corrected chi connectivity index (χ3v) is 1.87. The maximum atomic E-state index is 9.46. The topological polar surface area (TPSA) is 93.8 Å². The van der Waals surface area contributed by atoms with Gasteiger partial charge in [-0.05, 0) is 19.1 Å². The van der Waals surface area contributed by atoms with Crippen molar-refractivity contribution >= 4 is 0 Å². The number of aliphatic hydroxyl groups is 3. The van der Waals surface area contributed by atoms with Crippen LogP contribution in [0.4, 0.5) is 0 Å². The Morgan fingerprint density at radius 3 is 2.57 bits per heavy atom. The van der Waals surface area contributed by atoms with Gasteiger partial charge in [0.2, 0.25) is 0 Å². The minimum atomic E-state index is -1.38. The van der Waals surface area contributed by atoms with E-state index in [1.54, 1.807) is 13.0 Å². The fourth-order valence-electron chi connectivity index (χ4n) is 1.07. The van der Waals surface area contributed by atoms with Gasteiger partial charge in [0.1, 0.15) is 23.7 Å². The van der Waals surface area contributed by atoms with Crippen molar-refractivity contribution in [3.8, 4) is 5.75 Å². The first-order valence-electron chi connectivity index (χ1n) is 4.19. The molecule has 0 saturated heterocycles. The van der Waals surface area contributed by atoms with E-state index < -0.39 is 18.8 Å². The number of aromatic hydroxyl groups is 1. The predicted molar refractivity (Wildman–Crippen MR) is 48.7 cm³/mol. The van der Waals surface area contributed by atoms with Crippen LogP contribution in [0, 0.1) is 6.92 Å². The lowest BCUT2D eigenvalue weighted by atomic mass is 10.1. The smallest absolute Gasteiger partial charge is 0.139 e. The van der Waals surface area contributed by atoms with Gasteiger partial charge in [-0.2, -0.15) is 0 Å². The molecule has 0 aliphatic rings. The standard InChI is InChI=1S/C9H13NO4/c1-5-2-3-6(12)8(10-5)9(14)7(13)4-11/h2-3,7,9,11-14H,4H2,1H3. The largest absolute Gasteiger partial charge is 0.506 e. The van der Waals surface area contributed by atoms with Gasteiger partial charge in [-0.1, -0.05) is 0 Å². The summed E-state index contributed by atoms with van der Waals surface area (Å²) in [5, 5.41) is 36.5. The highest BCUT2D eigenvalue weighted by molar-refractivity contribution is 5.29. The highest BCUT2D eigenvalue weighted by Crippen LogP contribution is 2.24. The van der Waals surface area contributed by atoms with Crippen LogP contribution >= 0.6 is 0 Å². The number of hydrogen-bond acceptors (Lipinski definition) is 5. The van der Waals surface area contributed by atoms with Gasteiger partial charge >= 0.3 is 0 Å². The normalized spacial score (nSPS) is 15.1. The molecule has 5 nitrogen and oxygen atoms in total. The van der Waals surface area contributed by atoms with Crippen LogP contribution < -0.4 is 0 Å². The van der Waals surface area contributed by atoms with E-state index in [0.29, 0.717) is 5.69 Å². The lowest BCUT2D eigenvalue weighted by Crippen LogP contribution is -2.23. The lowest BCUT2D eigenvalue weighted by Gasteiger charge is -2.16. The van der Waals surface area contributed by atoms with Crippen molar-refractivity contribution in [2.24, 2.45) is 0 Å². The highest BCUT2D eigenvalue weighted by Gasteiger charge is 2.21. The van der Waals surface area contributed by atoms with Crippen molar-refractivity contribution in [1.82, 2.24) is 4.98 Å². The van der Waals surface area contributed by atoms with Crippen molar-refractivity contribution in [3.63, 3.8) is 0 Å². The Labute approximate surface area is 81.3 Å². The van der Waals surface area contributed by atoms with Gasteiger partial charge in [-0.25, -0.2) is 0 Å². The summed E-state index contributed by atoms with van der Waals surface area (Å²) in [6.07, 6.45) is -2.71. The number of aryl methyl sites for hydroxylation is 1. The molecule has 0 saturated carbocycles. The molecule has 78 valence electrons. The van der Waals surface area contributed by atoms with Crippen molar-refractivity contribution in [3.05, 3.63) is 23.5 Å². The third kappa shape index (κ3) is 2.20. The molecule has 1 aromatic heterocycles. The average Bonchev–Trinajstić information content (AvgIpc) is 2.19. The minimum absolute atomic E-state index is 0.0217. The molecule has 0 fully saturated rings. The zero-order valence-electron chi connectivity index (χ0n) is 7.75. The Bertz CT molecular complexity index is 316. The van der Waals surface area contributed by atoms with Gasteiger partial charge in [0.25, 0.3) is 0 Å². The molecular formula is C9H13NO4. The van der Waals surface area contributed by atoms with Crippen LogP contribution in [0.1, 0.15) is 17.5 Å². The molecule has 0 radical (unpaired) electrons. The van der Waals surface area contributed by atoms with Crippen LogP contribution in [0.25, 0.3) is 0 Å². The molecule has 0 aromatic carbocycles. The molecule has 1 heterocycles. The van der Waals surface area contributed by atoms with Crippen LogP contribution in [0.2, 0.25) is 0 Å². The summed E-state index contributed by atoms with van der Waals surface area (Å²) < 4.78 is 0. The Hall–Kier alpha value is -1.17. The van der Waals surface area contributed by atoms with E-state index >= 15 is 0 Å². The van der Waals surface area contributed by atoms with Crippen molar-refractivity contribution in [1.29, 1.82) is 0 Å². The molecule has 0 aliphatic carbocycles. The molecule has 4 N–H and O–H groups in total. The number of aromatic nitrogens is 1. The second kappa shape index (κ2) is 4.36. The van der Waals surface area contributed by atoms with Crippen LogP contribution in [0.5, 0.6) is 5.75 Å². The lowest BCUT2D eigenvalue weighted by molar-refractivity contribution is -0.0183. The monoisotopic (exact) mass is 199 g/mol. The van der Waals surface area contributed by atoms with E-state index in [1.165, 1.54) is 6.07 Å². The van der Waals surface area contributed by atoms with E-state index in [4.69, 9.17) is 10.2 Å². The molecule has 1 aromatic rings. The van der Waals surface area contributed by atoms with Gasteiger partial charge in [-0.15, -0.1) is 0 Å². The van der Waals surface area contributed by atoms with Crippen molar-refractivity contribution in [2.75, 3.05) is 6.61 Å². The minimum Gasteiger partial charge on any atom is -0.506 e. The van der Waals surface area contributed by atoms with Crippen LogP contribution in [0.3, 0.4) is 0 Å². The fourth-order valence-corrected chi connectivity index (χ4v) is 1.07. The van der Waals surface area contributed by atoms with Crippen molar-refractivity contribution < 1.29 is 20.4 Å². The fraction of sp³-hybridized carbons (Fsp3) is 0.444. The maximum Gasteiger partial charge on any atom is 0.139 e. The second-order valence-corrected chi connectivity index (χ2v) is 3.05. The number of pyridine rings is 1. The third-order valence-electron chi connectivity index (χ3n) is 1.87. The Morgan fingerprint density at radius 2 is 2.00 bits per heavy atom. The summed E-state index contributed by atoms with van der Waals surface area (Å²) in [7, 11) is 0. The van der Waals surface area contributed by atoms with E-state index in [9.17, 15) is 10.2 Å². The summed E-state index contributed by atoms with van der Waals surface area (Å²) in [5.74, 6) is -0.199. The van der Waals surface area contributed by atoms with Gasteiger partial charge in [-0.3, -0.25) is 4.98 Å². The Balaban J connectivity index is 2.99. The van der Waals surface area contributed by atoms with Crippen LogP contribution in [-0.2, 0) is 0 Å². The van der Waals surface area contributed by atoms with Crippen LogP contribution in [-0.4, -0.2) is 38.1 Å². The number of rotatable bonds is 3. The molecule has 1 rings (SSSR count). The molecule has 0 bridgehead atoms. The van der Waals surface area contributed by atoms with Crippen molar-refractivity contribution in [2.45, 2.75) is 19.1 Å². The molecular weight excluding hydrogens is 186 g/mol. The molecule has 5 heteroatoms.